The van der Waals surface area contributed by atoms with Gasteiger partial charge in [0, 0.05) is 22.6 Å². The lowest BCUT2D eigenvalue weighted by Gasteiger charge is -2.02. The van der Waals surface area contributed by atoms with Gasteiger partial charge in [0.05, 0.1) is 0 Å². The van der Waals surface area contributed by atoms with Crippen molar-refractivity contribution in [3.05, 3.63) is 33.6 Å². The Morgan fingerprint density at radius 3 is 2.94 bits per heavy atom. The highest BCUT2D eigenvalue weighted by molar-refractivity contribution is 7.09. The highest BCUT2D eigenvalue weighted by Gasteiger charge is 2.09. The third kappa shape index (κ3) is 3.20. The topological polar surface area (TPSA) is 57.8 Å². The molecule has 2 heterocycles. The number of nitrogens with one attached hydrogen (secondary N) is 2. The molecular weight excluding hydrogens is 246 g/mol. The zero-order valence-electron chi connectivity index (χ0n) is 10.6. The zero-order chi connectivity index (χ0) is 13.0. The van der Waals surface area contributed by atoms with Crippen LogP contribution in [0.3, 0.4) is 0 Å². The first-order chi connectivity index (χ1) is 8.66. The third-order valence-corrected chi connectivity index (χ3v) is 3.85. The van der Waals surface area contributed by atoms with E-state index >= 15 is 0 Å². The number of amides is 1. The van der Waals surface area contributed by atoms with Crippen LogP contribution in [-0.4, -0.2) is 16.1 Å². The summed E-state index contributed by atoms with van der Waals surface area (Å²) in [5, 5.41) is 11.8. The molecule has 2 rings (SSSR count). The first kappa shape index (κ1) is 12.8. The number of anilines is 1. The number of hydrogen-bond acceptors (Lipinski definition) is 3. The predicted octanol–water partition coefficient (Wildman–Crippen LogP) is 3.05. The summed E-state index contributed by atoms with van der Waals surface area (Å²) in [6.45, 7) is 3.88. The van der Waals surface area contributed by atoms with E-state index in [9.17, 15) is 4.79 Å². The number of nitrogens with zero attached hydrogens (tertiary/aromatic N) is 1. The second kappa shape index (κ2) is 5.82. The van der Waals surface area contributed by atoms with Crippen molar-refractivity contribution in [3.8, 4) is 0 Å². The van der Waals surface area contributed by atoms with Gasteiger partial charge in [0.15, 0.2) is 5.82 Å². The summed E-state index contributed by atoms with van der Waals surface area (Å²) >= 11 is 1.74. The molecule has 4 nitrogen and oxygen atoms in total. The average molecular weight is 263 g/mol. The summed E-state index contributed by atoms with van der Waals surface area (Å²) in [5.74, 6) is 0.676. The van der Waals surface area contributed by atoms with Crippen LogP contribution in [0.15, 0.2) is 17.5 Å². The molecule has 0 aliphatic rings. The molecule has 18 heavy (non-hydrogen) atoms. The third-order valence-electron chi connectivity index (χ3n) is 2.92. The number of carbonyl (C=O) groups is 1. The van der Waals surface area contributed by atoms with E-state index in [1.54, 1.807) is 11.3 Å². The highest BCUT2D eigenvalue weighted by Crippen LogP contribution is 2.15. The molecule has 0 radical (unpaired) electrons. The maximum Gasteiger partial charge on any atom is 0.225 e. The summed E-state index contributed by atoms with van der Waals surface area (Å²) < 4.78 is 0. The van der Waals surface area contributed by atoms with Crippen molar-refractivity contribution in [1.82, 2.24) is 10.2 Å². The van der Waals surface area contributed by atoms with Crippen LogP contribution in [0.2, 0.25) is 0 Å². The largest absolute Gasteiger partial charge is 0.309 e. The molecule has 2 N–H and O–H groups in total. The number of rotatable bonds is 5. The normalized spacial score (nSPS) is 10.6. The molecule has 5 heteroatoms. The molecule has 0 aliphatic heterocycles. The lowest BCUT2D eigenvalue weighted by Crippen LogP contribution is -2.12. The van der Waals surface area contributed by atoms with E-state index < -0.39 is 0 Å². The molecule has 0 bridgehead atoms. The minimum absolute atomic E-state index is 0.0288. The van der Waals surface area contributed by atoms with Gasteiger partial charge in [-0.2, -0.15) is 5.10 Å². The van der Waals surface area contributed by atoms with Crippen LogP contribution in [0, 0.1) is 13.8 Å². The van der Waals surface area contributed by atoms with E-state index in [1.165, 1.54) is 4.88 Å². The second-order valence-corrected chi connectivity index (χ2v) is 5.34. The van der Waals surface area contributed by atoms with E-state index in [-0.39, 0.29) is 5.91 Å². The first-order valence-corrected chi connectivity index (χ1v) is 6.88. The van der Waals surface area contributed by atoms with Crippen molar-refractivity contribution in [2.45, 2.75) is 33.1 Å². The lowest BCUT2D eigenvalue weighted by atomic mass is 10.2. The van der Waals surface area contributed by atoms with Crippen LogP contribution >= 0.6 is 11.3 Å². The zero-order valence-corrected chi connectivity index (χ0v) is 11.4. The van der Waals surface area contributed by atoms with Crippen LogP contribution in [0.25, 0.3) is 0 Å². The summed E-state index contributed by atoms with van der Waals surface area (Å²) in [5.41, 5.74) is 1.99. The van der Waals surface area contributed by atoms with Crippen molar-refractivity contribution < 1.29 is 4.79 Å². The summed E-state index contributed by atoms with van der Waals surface area (Å²) in [4.78, 5) is 13.1. The molecule has 2 aromatic rings. The Balaban J connectivity index is 1.77. The van der Waals surface area contributed by atoms with Crippen molar-refractivity contribution >= 4 is 23.1 Å². The molecule has 0 atom stereocenters. The van der Waals surface area contributed by atoms with Crippen LogP contribution in [-0.2, 0) is 11.2 Å². The number of aryl methyl sites for hydroxylation is 2. The maximum absolute atomic E-state index is 11.7. The highest BCUT2D eigenvalue weighted by atomic mass is 32.1. The van der Waals surface area contributed by atoms with Gasteiger partial charge >= 0.3 is 0 Å². The number of carbonyl (C=O) groups excluding carboxylic acids is 1. The van der Waals surface area contributed by atoms with Crippen molar-refractivity contribution in [1.29, 1.82) is 0 Å². The molecule has 0 saturated carbocycles. The Bertz CT molecular complexity index is 516. The van der Waals surface area contributed by atoms with Crippen molar-refractivity contribution in [3.63, 3.8) is 0 Å². The Morgan fingerprint density at radius 2 is 2.33 bits per heavy atom. The van der Waals surface area contributed by atoms with Gasteiger partial charge in [-0.15, -0.1) is 11.3 Å². The molecule has 0 fully saturated rings. The number of aromatic amines is 1. The maximum atomic E-state index is 11.7. The Kier molecular flexibility index (Phi) is 4.15. The Labute approximate surface area is 110 Å². The quantitative estimate of drug-likeness (QED) is 0.871. The van der Waals surface area contributed by atoms with Gasteiger partial charge in [0.1, 0.15) is 0 Å². The second-order valence-electron chi connectivity index (χ2n) is 4.30. The molecule has 0 saturated heterocycles. The van der Waals surface area contributed by atoms with Gasteiger partial charge in [-0.1, -0.05) is 6.07 Å². The molecule has 0 aromatic carbocycles. The van der Waals surface area contributed by atoms with Gasteiger partial charge in [0.25, 0.3) is 0 Å². The van der Waals surface area contributed by atoms with Crippen LogP contribution in [0.4, 0.5) is 5.82 Å². The Morgan fingerprint density at radius 1 is 1.50 bits per heavy atom. The van der Waals surface area contributed by atoms with Gasteiger partial charge in [-0.3, -0.25) is 9.89 Å². The number of thiophene rings is 1. The van der Waals surface area contributed by atoms with Gasteiger partial charge in [0.2, 0.25) is 5.91 Å². The van der Waals surface area contributed by atoms with Gasteiger partial charge < -0.3 is 5.32 Å². The lowest BCUT2D eigenvalue weighted by molar-refractivity contribution is -0.116. The van der Waals surface area contributed by atoms with E-state index in [1.807, 2.05) is 19.9 Å². The van der Waals surface area contributed by atoms with Crippen LogP contribution in [0.1, 0.15) is 29.0 Å². The molecule has 0 aliphatic carbocycles. The number of hydrogen-bond donors (Lipinski definition) is 2. The van der Waals surface area contributed by atoms with Crippen molar-refractivity contribution in [2.75, 3.05) is 5.32 Å². The Hall–Kier alpha value is -1.62. The van der Waals surface area contributed by atoms with E-state index in [2.05, 4.69) is 27.0 Å². The fourth-order valence-corrected chi connectivity index (χ4v) is 2.43. The first-order valence-electron chi connectivity index (χ1n) is 6.00. The van der Waals surface area contributed by atoms with Crippen LogP contribution < -0.4 is 5.32 Å². The molecule has 1 amide bonds. The number of aromatic nitrogens is 2. The van der Waals surface area contributed by atoms with E-state index in [0.29, 0.717) is 12.2 Å². The standard InChI is InChI=1S/C13H17N3OS/c1-9-10(2)15-16-13(9)14-12(17)7-3-5-11-6-4-8-18-11/h4,6,8H,3,5,7H2,1-2H3,(H2,14,15,16,17). The van der Waals surface area contributed by atoms with Gasteiger partial charge in [-0.05, 0) is 38.1 Å². The fourth-order valence-electron chi connectivity index (χ4n) is 1.68. The minimum atomic E-state index is 0.0288. The van der Waals surface area contributed by atoms with E-state index in [0.717, 1.165) is 24.1 Å². The summed E-state index contributed by atoms with van der Waals surface area (Å²) in [7, 11) is 0. The summed E-state index contributed by atoms with van der Waals surface area (Å²) in [6, 6.07) is 4.14. The number of H-pyrrole nitrogens is 1. The van der Waals surface area contributed by atoms with E-state index in [4.69, 9.17) is 0 Å². The molecule has 0 unspecified atom stereocenters. The van der Waals surface area contributed by atoms with Crippen molar-refractivity contribution in [2.24, 2.45) is 0 Å². The minimum Gasteiger partial charge on any atom is -0.309 e. The van der Waals surface area contributed by atoms with Gasteiger partial charge in [-0.25, -0.2) is 0 Å². The van der Waals surface area contributed by atoms with Crippen LogP contribution in [0.5, 0.6) is 0 Å². The fraction of sp³-hybridized carbons (Fsp3) is 0.385. The average Bonchev–Trinajstić information content (AvgIpc) is 2.95. The molecular formula is C13H17N3OS. The molecule has 96 valence electrons. The molecule has 2 aromatic heterocycles. The molecule has 0 spiro atoms. The summed E-state index contributed by atoms with van der Waals surface area (Å²) in [6.07, 6.45) is 2.36. The smallest absolute Gasteiger partial charge is 0.225 e. The predicted molar refractivity (Wildman–Crippen MR) is 73.9 cm³/mol. The SMILES string of the molecule is Cc1[nH]nc(NC(=O)CCCc2cccs2)c1C. The monoisotopic (exact) mass is 263 g/mol.